The second-order valence-corrected chi connectivity index (χ2v) is 5.45. The number of urea groups is 1. The maximum atomic E-state index is 12.3. The minimum Gasteiger partial charge on any atom is -0.452 e. The largest absolute Gasteiger partial charge is 0.452 e. The van der Waals surface area contributed by atoms with Gasteiger partial charge in [0, 0.05) is 12.6 Å². The Morgan fingerprint density at radius 1 is 1.30 bits per heavy atom. The van der Waals surface area contributed by atoms with Gasteiger partial charge in [-0.3, -0.25) is 39.5 Å². The number of amides is 5. The Morgan fingerprint density at radius 2 is 1.96 bits per heavy atom. The van der Waals surface area contributed by atoms with Crippen molar-refractivity contribution in [3.8, 4) is 0 Å². The summed E-state index contributed by atoms with van der Waals surface area (Å²) in [6.45, 7) is 0.800. The highest BCUT2D eigenvalue weighted by molar-refractivity contribution is 6.23. The lowest BCUT2D eigenvalue weighted by molar-refractivity contribution is -0.385. The van der Waals surface area contributed by atoms with Crippen LogP contribution in [0.3, 0.4) is 0 Å². The highest BCUT2D eigenvalue weighted by atomic mass is 16.6. The number of hydrogen-bond acceptors (Lipinski definition) is 8. The van der Waals surface area contributed by atoms with E-state index in [0.717, 1.165) is 6.07 Å². The van der Waals surface area contributed by atoms with Crippen LogP contribution < -0.4 is 11.1 Å². The summed E-state index contributed by atoms with van der Waals surface area (Å²) in [4.78, 5) is 69.3. The molecule has 1 aromatic carbocycles. The Bertz CT molecular complexity index is 865. The van der Waals surface area contributed by atoms with Crippen molar-refractivity contribution in [3.05, 3.63) is 39.4 Å². The van der Waals surface area contributed by atoms with E-state index in [1.165, 1.54) is 19.1 Å². The SMILES string of the molecule is CC(OC(=O)CCN1C(=O)c2cccc([N+](=O)[O-])c2C1=O)C(=O)NC(N)=O. The predicted octanol–water partition coefficient (Wildman–Crippen LogP) is -0.292. The van der Waals surface area contributed by atoms with E-state index in [9.17, 15) is 34.1 Å². The van der Waals surface area contributed by atoms with E-state index in [-0.39, 0.29) is 11.1 Å². The van der Waals surface area contributed by atoms with E-state index in [2.05, 4.69) is 0 Å². The molecule has 5 amide bonds. The first-order valence-electron chi connectivity index (χ1n) is 7.56. The molecule has 0 spiro atoms. The maximum Gasteiger partial charge on any atom is 0.318 e. The first-order valence-corrected chi connectivity index (χ1v) is 7.56. The van der Waals surface area contributed by atoms with Crippen LogP contribution in [0, 0.1) is 10.1 Å². The normalized spacial score (nSPS) is 13.7. The van der Waals surface area contributed by atoms with Crippen LogP contribution in [-0.2, 0) is 14.3 Å². The monoisotopic (exact) mass is 378 g/mol. The zero-order valence-corrected chi connectivity index (χ0v) is 14.0. The summed E-state index contributed by atoms with van der Waals surface area (Å²) < 4.78 is 4.77. The van der Waals surface area contributed by atoms with Gasteiger partial charge >= 0.3 is 12.0 Å². The first-order chi connectivity index (χ1) is 12.6. The van der Waals surface area contributed by atoms with Gasteiger partial charge in [0.25, 0.3) is 23.4 Å². The van der Waals surface area contributed by atoms with Crippen molar-refractivity contribution >= 4 is 35.4 Å². The average molecular weight is 378 g/mol. The summed E-state index contributed by atoms with van der Waals surface area (Å²) in [7, 11) is 0. The lowest BCUT2D eigenvalue weighted by atomic mass is 10.1. The summed E-state index contributed by atoms with van der Waals surface area (Å²) in [5.41, 5.74) is 3.80. The third-order valence-electron chi connectivity index (χ3n) is 3.64. The van der Waals surface area contributed by atoms with Crippen molar-refractivity contribution in [1.29, 1.82) is 0 Å². The molecule has 1 unspecified atom stereocenters. The first kappa shape index (κ1) is 19.5. The van der Waals surface area contributed by atoms with Crippen LogP contribution in [0.1, 0.15) is 34.1 Å². The van der Waals surface area contributed by atoms with Crippen LogP contribution in [0.5, 0.6) is 0 Å². The van der Waals surface area contributed by atoms with Crippen LogP contribution in [0.15, 0.2) is 18.2 Å². The Balaban J connectivity index is 2.02. The summed E-state index contributed by atoms with van der Waals surface area (Å²) in [5, 5.41) is 12.8. The standard InChI is InChI=1S/C15H14N4O8/c1-7(12(21)17-15(16)24)27-10(20)5-6-18-13(22)8-3-2-4-9(19(25)26)11(8)14(18)23/h2-4,7H,5-6H2,1H3,(H3,16,17,21,24). The van der Waals surface area contributed by atoms with Crippen molar-refractivity contribution in [2.75, 3.05) is 6.54 Å². The molecule has 142 valence electrons. The van der Waals surface area contributed by atoms with Gasteiger partial charge in [-0.05, 0) is 13.0 Å². The van der Waals surface area contributed by atoms with Gasteiger partial charge in [-0.15, -0.1) is 0 Å². The zero-order chi connectivity index (χ0) is 20.3. The van der Waals surface area contributed by atoms with E-state index in [0.29, 0.717) is 4.90 Å². The van der Waals surface area contributed by atoms with Crippen LogP contribution in [0.4, 0.5) is 10.5 Å². The molecule has 1 aromatic rings. The van der Waals surface area contributed by atoms with Crippen LogP contribution >= 0.6 is 0 Å². The number of nitrogens with one attached hydrogen (secondary N) is 1. The number of imide groups is 2. The Kier molecular flexibility index (Phi) is 5.48. The molecule has 12 nitrogen and oxygen atoms in total. The molecule has 12 heteroatoms. The van der Waals surface area contributed by atoms with E-state index in [1.807, 2.05) is 0 Å². The number of hydrogen-bond donors (Lipinski definition) is 2. The van der Waals surface area contributed by atoms with Crippen molar-refractivity contribution in [2.45, 2.75) is 19.4 Å². The lowest BCUT2D eigenvalue weighted by Crippen LogP contribution is -2.42. The number of ether oxygens (including phenoxy) is 1. The zero-order valence-electron chi connectivity index (χ0n) is 14.0. The number of esters is 1. The highest BCUT2D eigenvalue weighted by Crippen LogP contribution is 2.30. The molecule has 0 radical (unpaired) electrons. The molecule has 0 bridgehead atoms. The molecule has 0 saturated carbocycles. The second kappa shape index (κ2) is 7.59. The van der Waals surface area contributed by atoms with Crippen LogP contribution in [-0.4, -0.2) is 52.2 Å². The van der Waals surface area contributed by atoms with Crippen molar-refractivity contribution < 1.29 is 33.6 Å². The summed E-state index contributed by atoms with van der Waals surface area (Å²) in [6.07, 6.45) is -1.78. The Labute approximate surface area is 151 Å². The van der Waals surface area contributed by atoms with E-state index >= 15 is 0 Å². The van der Waals surface area contributed by atoms with Crippen molar-refractivity contribution in [3.63, 3.8) is 0 Å². The van der Waals surface area contributed by atoms with Crippen molar-refractivity contribution in [1.82, 2.24) is 10.2 Å². The predicted molar refractivity (Wildman–Crippen MR) is 86.4 cm³/mol. The number of rotatable bonds is 6. The number of carbonyl (C=O) groups is 5. The number of primary amides is 1. The fourth-order valence-corrected chi connectivity index (χ4v) is 2.41. The van der Waals surface area contributed by atoms with Gasteiger partial charge in [0.05, 0.1) is 16.9 Å². The second-order valence-electron chi connectivity index (χ2n) is 5.45. The number of nitro groups is 1. The molecule has 0 aromatic heterocycles. The topological polar surface area (TPSA) is 179 Å². The molecular formula is C15H14N4O8. The molecule has 0 saturated heterocycles. The third kappa shape index (κ3) is 4.05. The third-order valence-corrected chi connectivity index (χ3v) is 3.64. The molecule has 2 rings (SSSR count). The molecule has 1 aliphatic heterocycles. The fourth-order valence-electron chi connectivity index (χ4n) is 2.41. The molecule has 3 N–H and O–H groups in total. The quantitative estimate of drug-likeness (QED) is 0.293. The number of benzene rings is 1. The molecule has 27 heavy (non-hydrogen) atoms. The summed E-state index contributed by atoms with van der Waals surface area (Å²) in [5.74, 6) is -3.53. The number of nitrogens with two attached hydrogens (primary N) is 1. The number of nitrogens with zero attached hydrogens (tertiary/aromatic N) is 2. The Hall–Kier alpha value is -3.83. The highest BCUT2D eigenvalue weighted by Gasteiger charge is 2.40. The van der Waals surface area contributed by atoms with Gasteiger partial charge in [-0.2, -0.15) is 0 Å². The van der Waals surface area contributed by atoms with Gasteiger partial charge in [0.2, 0.25) is 0 Å². The molecule has 1 aliphatic rings. The molecular weight excluding hydrogens is 364 g/mol. The summed E-state index contributed by atoms with van der Waals surface area (Å²) in [6, 6.07) is 2.53. The average Bonchev–Trinajstić information content (AvgIpc) is 2.83. The van der Waals surface area contributed by atoms with Gasteiger partial charge in [-0.25, -0.2) is 4.79 Å². The van der Waals surface area contributed by atoms with E-state index in [1.54, 1.807) is 5.32 Å². The van der Waals surface area contributed by atoms with E-state index < -0.39 is 59.4 Å². The minimum absolute atomic E-state index is 0.128. The smallest absolute Gasteiger partial charge is 0.318 e. The van der Waals surface area contributed by atoms with Crippen LogP contribution in [0.2, 0.25) is 0 Å². The fraction of sp³-hybridized carbons (Fsp3) is 0.267. The number of carbonyl (C=O) groups excluding carboxylic acids is 5. The van der Waals surface area contributed by atoms with Gasteiger partial charge in [0.15, 0.2) is 6.10 Å². The molecule has 0 fully saturated rings. The van der Waals surface area contributed by atoms with E-state index in [4.69, 9.17) is 10.5 Å². The van der Waals surface area contributed by atoms with Crippen molar-refractivity contribution in [2.24, 2.45) is 5.73 Å². The summed E-state index contributed by atoms with van der Waals surface area (Å²) >= 11 is 0. The molecule has 1 atom stereocenters. The lowest BCUT2D eigenvalue weighted by Gasteiger charge is -2.15. The number of fused-ring (bicyclic) bond motifs is 1. The molecule has 1 heterocycles. The van der Waals surface area contributed by atoms with Crippen LogP contribution in [0.25, 0.3) is 0 Å². The van der Waals surface area contributed by atoms with Gasteiger partial charge in [-0.1, -0.05) is 6.07 Å². The van der Waals surface area contributed by atoms with Gasteiger partial charge in [0.1, 0.15) is 5.56 Å². The minimum atomic E-state index is -1.33. The molecule has 0 aliphatic carbocycles. The Morgan fingerprint density at radius 3 is 2.56 bits per heavy atom. The van der Waals surface area contributed by atoms with Gasteiger partial charge < -0.3 is 10.5 Å². The number of nitro benzene ring substituents is 1. The maximum absolute atomic E-state index is 12.3.